The minimum Gasteiger partial charge on any atom is -0.464 e. The standard InChI is InChI=1S/C16H11ClF3NO2/c17-15-11(12-7-14(12)23-8-22)4-5-13(21-15)9-2-1-3-10(6-9)16(18,19)20/h1-6,8,12,14H,7H2. The number of alkyl halides is 3. The van der Waals surface area contributed by atoms with Gasteiger partial charge in [-0.15, -0.1) is 0 Å². The van der Waals surface area contributed by atoms with E-state index in [2.05, 4.69) is 4.98 Å². The predicted molar refractivity (Wildman–Crippen MR) is 78.0 cm³/mol. The fourth-order valence-corrected chi connectivity index (χ4v) is 2.75. The van der Waals surface area contributed by atoms with Crippen molar-refractivity contribution in [1.29, 1.82) is 0 Å². The molecule has 0 N–H and O–H groups in total. The lowest BCUT2D eigenvalue weighted by molar-refractivity contribution is -0.137. The Labute approximate surface area is 135 Å². The van der Waals surface area contributed by atoms with Crippen LogP contribution in [0.15, 0.2) is 36.4 Å². The second kappa shape index (κ2) is 5.85. The summed E-state index contributed by atoms with van der Waals surface area (Å²) in [6, 6.07) is 8.25. The molecule has 120 valence electrons. The highest BCUT2D eigenvalue weighted by atomic mass is 35.5. The number of hydrogen-bond acceptors (Lipinski definition) is 3. The van der Waals surface area contributed by atoms with Crippen molar-refractivity contribution >= 4 is 18.1 Å². The van der Waals surface area contributed by atoms with Gasteiger partial charge in [0.05, 0.1) is 11.3 Å². The summed E-state index contributed by atoms with van der Waals surface area (Å²) in [7, 11) is 0. The van der Waals surface area contributed by atoms with Crippen LogP contribution < -0.4 is 0 Å². The van der Waals surface area contributed by atoms with Gasteiger partial charge in [0.25, 0.3) is 6.47 Å². The predicted octanol–water partition coefficient (Wildman–Crippen LogP) is 4.45. The van der Waals surface area contributed by atoms with Crippen LogP contribution in [0.3, 0.4) is 0 Å². The van der Waals surface area contributed by atoms with Gasteiger partial charge in [-0.25, -0.2) is 4.98 Å². The van der Waals surface area contributed by atoms with Gasteiger partial charge in [0.2, 0.25) is 0 Å². The Balaban J connectivity index is 1.88. The lowest BCUT2D eigenvalue weighted by Gasteiger charge is -2.10. The van der Waals surface area contributed by atoms with Crippen molar-refractivity contribution in [2.45, 2.75) is 24.6 Å². The minimum absolute atomic E-state index is 0.00393. The molecule has 1 aliphatic rings. The molecule has 1 fully saturated rings. The van der Waals surface area contributed by atoms with E-state index in [4.69, 9.17) is 16.3 Å². The molecule has 2 aromatic rings. The SMILES string of the molecule is O=COC1CC1c1ccc(-c2cccc(C(F)(F)F)c2)nc1Cl. The highest BCUT2D eigenvalue weighted by molar-refractivity contribution is 6.30. The van der Waals surface area contributed by atoms with E-state index >= 15 is 0 Å². The van der Waals surface area contributed by atoms with Crippen molar-refractivity contribution in [2.24, 2.45) is 0 Å². The first-order chi connectivity index (χ1) is 10.9. The third kappa shape index (κ3) is 3.32. The van der Waals surface area contributed by atoms with E-state index in [1.54, 1.807) is 18.2 Å². The lowest BCUT2D eigenvalue weighted by Crippen LogP contribution is -2.04. The molecule has 2 atom stereocenters. The van der Waals surface area contributed by atoms with Crippen LogP contribution in [0.4, 0.5) is 13.2 Å². The van der Waals surface area contributed by atoms with Gasteiger partial charge in [0.15, 0.2) is 0 Å². The smallest absolute Gasteiger partial charge is 0.416 e. The number of nitrogens with zero attached hydrogens (tertiary/aromatic N) is 1. The van der Waals surface area contributed by atoms with Crippen LogP contribution in [0.25, 0.3) is 11.3 Å². The molecule has 0 radical (unpaired) electrons. The first-order valence-electron chi connectivity index (χ1n) is 6.83. The molecule has 3 rings (SSSR count). The van der Waals surface area contributed by atoms with Crippen LogP contribution in [0.5, 0.6) is 0 Å². The largest absolute Gasteiger partial charge is 0.464 e. The molecule has 1 aromatic heterocycles. The number of carbonyl (C=O) groups is 1. The molecule has 1 aliphatic carbocycles. The summed E-state index contributed by atoms with van der Waals surface area (Å²) in [5.74, 6) is -0.00393. The zero-order valence-electron chi connectivity index (χ0n) is 11.7. The third-order valence-electron chi connectivity index (χ3n) is 3.72. The quantitative estimate of drug-likeness (QED) is 0.609. The fourth-order valence-electron chi connectivity index (χ4n) is 2.46. The average molecular weight is 342 g/mol. The average Bonchev–Trinajstić information content (AvgIpc) is 3.26. The summed E-state index contributed by atoms with van der Waals surface area (Å²) in [5.41, 5.74) is 0.691. The number of rotatable bonds is 4. The maximum absolute atomic E-state index is 12.8. The fraction of sp³-hybridized carbons (Fsp3) is 0.250. The molecule has 7 heteroatoms. The number of carbonyl (C=O) groups excluding carboxylic acids is 1. The van der Waals surface area contributed by atoms with Gasteiger partial charge in [-0.2, -0.15) is 13.2 Å². The first-order valence-corrected chi connectivity index (χ1v) is 7.21. The number of ether oxygens (including phenoxy) is 1. The van der Waals surface area contributed by atoms with Crippen LogP contribution in [-0.4, -0.2) is 17.6 Å². The van der Waals surface area contributed by atoms with E-state index in [0.29, 0.717) is 24.2 Å². The van der Waals surface area contributed by atoms with Crippen LogP contribution in [-0.2, 0) is 15.7 Å². The third-order valence-corrected chi connectivity index (χ3v) is 4.03. The van der Waals surface area contributed by atoms with Crippen molar-refractivity contribution in [3.8, 4) is 11.3 Å². The normalized spacial score (nSPS) is 20.2. The maximum Gasteiger partial charge on any atom is 0.416 e. The monoisotopic (exact) mass is 341 g/mol. The molecule has 2 unspecified atom stereocenters. The summed E-state index contributed by atoms with van der Waals surface area (Å²) >= 11 is 6.13. The molecule has 0 bridgehead atoms. The zero-order chi connectivity index (χ0) is 16.6. The van der Waals surface area contributed by atoms with E-state index in [-0.39, 0.29) is 17.2 Å². The number of aromatic nitrogens is 1. The molecule has 1 saturated carbocycles. The summed E-state index contributed by atoms with van der Waals surface area (Å²) in [5, 5.41) is 0.210. The lowest BCUT2D eigenvalue weighted by atomic mass is 10.1. The van der Waals surface area contributed by atoms with E-state index < -0.39 is 11.7 Å². The Morgan fingerprint density at radius 1 is 1.26 bits per heavy atom. The maximum atomic E-state index is 12.8. The molecule has 0 saturated heterocycles. The van der Waals surface area contributed by atoms with E-state index in [0.717, 1.165) is 17.7 Å². The van der Waals surface area contributed by atoms with Crippen molar-refractivity contribution in [2.75, 3.05) is 0 Å². The first kappa shape index (κ1) is 15.8. The van der Waals surface area contributed by atoms with Crippen LogP contribution in [0.2, 0.25) is 5.15 Å². The summed E-state index contributed by atoms with van der Waals surface area (Å²) in [6.45, 7) is 0.392. The molecule has 1 heterocycles. The topological polar surface area (TPSA) is 39.2 Å². The van der Waals surface area contributed by atoms with Crippen molar-refractivity contribution in [3.05, 3.63) is 52.7 Å². The highest BCUT2D eigenvalue weighted by Gasteiger charge is 2.42. The van der Waals surface area contributed by atoms with Crippen molar-refractivity contribution < 1.29 is 22.7 Å². The second-order valence-electron chi connectivity index (χ2n) is 5.27. The Morgan fingerprint density at radius 2 is 2.04 bits per heavy atom. The van der Waals surface area contributed by atoms with Gasteiger partial charge in [-0.05, 0) is 30.2 Å². The Morgan fingerprint density at radius 3 is 2.70 bits per heavy atom. The number of benzene rings is 1. The number of hydrogen-bond donors (Lipinski definition) is 0. The summed E-state index contributed by atoms with van der Waals surface area (Å²) in [6.07, 6.45) is -3.94. The second-order valence-corrected chi connectivity index (χ2v) is 5.63. The van der Waals surface area contributed by atoms with E-state index in [1.807, 2.05) is 0 Å². The Bertz CT molecular complexity index is 748. The molecule has 1 aromatic carbocycles. The minimum atomic E-state index is -4.41. The molecule has 0 spiro atoms. The molecule has 23 heavy (non-hydrogen) atoms. The number of halogens is 4. The molecule has 0 amide bonds. The van der Waals surface area contributed by atoms with Crippen LogP contribution >= 0.6 is 11.6 Å². The van der Waals surface area contributed by atoms with Gasteiger partial charge in [-0.3, -0.25) is 4.79 Å². The summed E-state index contributed by atoms with van der Waals surface area (Å²) in [4.78, 5) is 14.5. The molecule has 0 aliphatic heterocycles. The van der Waals surface area contributed by atoms with Crippen molar-refractivity contribution in [1.82, 2.24) is 4.98 Å². The Hall–Kier alpha value is -2.08. The van der Waals surface area contributed by atoms with Gasteiger partial charge in [0.1, 0.15) is 11.3 Å². The van der Waals surface area contributed by atoms with Gasteiger partial charge >= 0.3 is 6.18 Å². The molecular weight excluding hydrogens is 331 g/mol. The van der Waals surface area contributed by atoms with Crippen molar-refractivity contribution in [3.63, 3.8) is 0 Å². The van der Waals surface area contributed by atoms with E-state index in [9.17, 15) is 18.0 Å². The van der Waals surface area contributed by atoms with Gasteiger partial charge in [-0.1, -0.05) is 29.8 Å². The van der Waals surface area contributed by atoms with Gasteiger partial charge in [0, 0.05) is 11.5 Å². The Kier molecular flexibility index (Phi) is 4.02. The van der Waals surface area contributed by atoms with E-state index in [1.165, 1.54) is 6.07 Å². The highest BCUT2D eigenvalue weighted by Crippen LogP contribution is 2.45. The molecular formula is C16H11ClF3NO2. The zero-order valence-corrected chi connectivity index (χ0v) is 12.4. The number of pyridine rings is 1. The van der Waals surface area contributed by atoms with Gasteiger partial charge < -0.3 is 4.74 Å². The summed E-state index contributed by atoms with van der Waals surface area (Å²) < 4.78 is 43.2. The van der Waals surface area contributed by atoms with Crippen LogP contribution in [0, 0.1) is 0 Å². The molecule has 3 nitrogen and oxygen atoms in total. The van der Waals surface area contributed by atoms with Crippen LogP contribution in [0.1, 0.15) is 23.5 Å².